The smallest absolute Gasteiger partial charge is 0.255 e. The van der Waals surface area contributed by atoms with Gasteiger partial charge in [0, 0.05) is 17.3 Å². The minimum absolute atomic E-state index is 0.290. The predicted octanol–water partition coefficient (Wildman–Crippen LogP) is 2.20. The van der Waals surface area contributed by atoms with Gasteiger partial charge < -0.3 is 11.1 Å². The molecule has 0 saturated carbocycles. The number of nitrogens with one attached hydrogen (secondary N) is 1. The zero-order valence-electron chi connectivity index (χ0n) is 9.76. The van der Waals surface area contributed by atoms with Crippen LogP contribution in [0.2, 0.25) is 0 Å². The summed E-state index contributed by atoms with van der Waals surface area (Å²) in [4.78, 5) is 27.1. The molecule has 0 spiro atoms. The van der Waals surface area contributed by atoms with Crippen molar-refractivity contribution in [1.82, 2.24) is 4.98 Å². The van der Waals surface area contributed by atoms with E-state index in [1.165, 1.54) is 6.07 Å². The first-order valence-electron chi connectivity index (χ1n) is 5.39. The Labute approximate surface area is 118 Å². The third kappa shape index (κ3) is 3.17. The first-order valence-corrected chi connectivity index (χ1v) is 6.19. The number of hydrogen-bond donors (Lipinski definition) is 2. The fraction of sp³-hybridized carbons (Fsp3) is 0. The van der Waals surface area contributed by atoms with E-state index in [0.717, 1.165) is 0 Å². The highest BCUT2D eigenvalue weighted by Gasteiger charge is 2.10. The molecule has 96 valence electrons. The molecule has 19 heavy (non-hydrogen) atoms. The highest BCUT2D eigenvalue weighted by Crippen LogP contribution is 2.19. The third-order valence-corrected chi connectivity index (χ3v) is 3.05. The molecule has 0 radical (unpaired) electrons. The van der Waals surface area contributed by atoms with Crippen LogP contribution < -0.4 is 11.1 Å². The molecular formula is C13H10BrN3O2. The van der Waals surface area contributed by atoms with E-state index in [2.05, 4.69) is 26.2 Å². The Morgan fingerprint density at radius 3 is 2.58 bits per heavy atom. The maximum atomic E-state index is 12.0. The average molecular weight is 320 g/mol. The van der Waals surface area contributed by atoms with Crippen molar-refractivity contribution < 1.29 is 9.59 Å². The molecule has 0 atom stereocenters. The highest BCUT2D eigenvalue weighted by molar-refractivity contribution is 9.10. The van der Waals surface area contributed by atoms with Crippen LogP contribution in [0.1, 0.15) is 20.7 Å². The highest BCUT2D eigenvalue weighted by atomic mass is 79.9. The van der Waals surface area contributed by atoms with Crippen molar-refractivity contribution >= 4 is 33.4 Å². The zero-order valence-corrected chi connectivity index (χ0v) is 11.3. The molecule has 0 aliphatic carbocycles. The first kappa shape index (κ1) is 13.2. The molecule has 6 heteroatoms. The molecule has 0 aliphatic heterocycles. The number of amides is 2. The van der Waals surface area contributed by atoms with Crippen LogP contribution in [0.3, 0.4) is 0 Å². The van der Waals surface area contributed by atoms with E-state index in [1.807, 2.05) is 0 Å². The number of carbonyl (C=O) groups is 2. The molecule has 1 heterocycles. The van der Waals surface area contributed by atoms with E-state index in [-0.39, 0.29) is 11.5 Å². The van der Waals surface area contributed by atoms with Crippen molar-refractivity contribution in [2.45, 2.75) is 0 Å². The molecule has 0 aliphatic rings. The van der Waals surface area contributed by atoms with Crippen LogP contribution in [-0.2, 0) is 0 Å². The normalized spacial score (nSPS) is 9.95. The molecule has 5 nitrogen and oxygen atoms in total. The Bertz CT molecular complexity index is 643. The number of aromatic nitrogens is 1. The second-order valence-corrected chi connectivity index (χ2v) is 4.49. The number of anilines is 1. The fourth-order valence-electron chi connectivity index (χ4n) is 1.49. The maximum absolute atomic E-state index is 12.0. The molecule has 3 N–H and O–H groups in total. The van der Waals surface area contributed by atoms with Gasteiger partial charge in [0.1, 0.15) is 4.60 Å². The van der Waals surface area contributed by atoms with E-state index in [4.69, 9.17) is 5.73 Å². The van der Waals surface area contributed by atoms with Gasteiger partial charge in [0.05, 0.1) is 5.69 Å². The Kier molecular flexibility index (Phi) is 3.91. The average Bonchev–Trinajstić information content (AvgIpc) is 2.41. The second-order valence-electron chi connectivity index (χ2n) is 3.74. The van der Waals surface area contributed by atoms with Gasteiger partial charge in [0.25, 0.3) is 5.91 Å². The van der Waals surface area contributed by atoms with Crippen molar-refractivity contribution in [2.24, 2.45) is 5.73 Å². The van der Waals surface area contributed by atoms with E-state index in [1.54, 1.807) is 36.5 Å². The van der Waals surface area contributed by atoms with E-state index < -0.39 is 5.91 Å². The van der Waals surface area contributed by atoms with Gasteiger partial charge in [-0.2, -0.15) is 0 Å². The molecule has 1 aromatic heterocycles. The zero-order chi connectivity index (χ0) is 13.8. The van der Waals surface area contributed by atoms with Crippen LogP contribution in [0.25, 0.3) is 0 Å². The number of carbonyl (C=O) groups excluding carboxylic acids is 2. The summed E-state index contributed by atoms with van der Waals surface area (Å²) in [5, 5.41) is 2.69. The summed E-state index contributed by atoms with van der Waals surface area (Å²) in [5.41, 5.74) is 6.37. The minimum Gasteiger partial charge on any atom is -0.366 e. The maximum Gasteiger partial charge on any atom is 0.255 e. The van der Waals surface area contributed by atoms with Gasteiger partial charge in [-0.3, -0.25) is 9.59 Å². The molecule has 0 saturated heterocycles. The number of pyridine rings is 1. The Hall–Kier alpha value is -2.21. The van der Waals surface area contributed by atoms with Gasteiger partial charge in [-0.1, -0.05) is 6.07 Å². The number of nitrogens with two attached hydrogens (primary N) is 1. The molecular weight excluding hydrogens is 310 g/mol. The summed E-state index contributed by atoms with van der Waals surface area (Å²) in [6.45, 7) is 0. The third-order valence-electron chi connectivity index (χ3n) is 2.42. The molecule has 0 bridgehead atoms. The Balaban J connectivity index is 2.23. The van der Waals surface area contributed by atoms with Crippen molar-refractivity contribution in [1.29, 1.82) is 0 Å². The first-order chi connectivity index (χ1) is 9.08. The topological polar surface area (TPSA) is 85.1 Å². The van der Waals surface area contributed by atoms with Crippen LogP contribution in [0.15, 0.2) is 47.2 Å². The molecule has 2 rings (SSSR count). The molecule has 0 unspecified atom stereocenters. The summed E-state index contributed by atoms with van der Waals surface area (Å²) < 4.78 is 0.536. The van der Waals surface area contributed by atoms with Crippen LogP contribution in [-0.4, -0.2) is 16.8 Å². The monoisotopic (exact) mass is 319 g/mol. The largest absolute Gasteiger partial charge is 0.366 e. The standard InChI is InChI=1S/C13H10BrN3O2/c14-11-10(5-2-6-16-11)17-13(19)9-4-1-3-8(7-9)12(15)18/h1-7H,(H2,15,18)(H,17,19). The lowest BCUT2D eigenvalue weighted by molar-refractivity contribution is 0.1000. The molecule has 2 amide bonds. The van der Waals surface area contributed by atoms with Gasteiger partial charge in [-0.15, -0.1) is 0 Å². The molecule has 2 aromatic rings. The van der Waals surface area contributed by atoms with Gasteiger partial charge >= 0.3 is 0 Å². The van der Waals surface area contributed by atoms with Crippen LogP contribution >= 0.6 is 15.9 Å². The van der Waals surface area contributed by atoms with E-state index >= 15 is 0 Å². The lowest BCUT2D eigenvalue weighted by Gasteiger charge is -2.07. The van der Waals surface area contributed by atoms with Gasteiger partial charge in [-0.05, 0) is 46.3 Å². The quantitative estimate of drug-likeness (QED) is 0.850. The summed E-state index contributed by atoms with van der Waals surface area (Å²) >= 11 is 3.24. The van der Waals surface area contributed by atoms with Gasteiger partial charge in [-0.25, -0.2) is 4.98 Å². The lowest BCUT2D eigenvalue weighted by atomic mass is 10.1. The lowest BCUT2D eigenvalue weighted by Crippen LogP contribution is -2.15. The summed E-state index contributed by atoms with van der Waals surface area (Å²) in [6, 6.07) is 9.63. The van der Waals surface area contributed by atoms with Gasteiger partial charge in [0.2, 0.25) is 5.91 Å². The van der Waals surface area contributed by atoms with Crippen LogP contribution in [0.4, 0.5) is 5.69 Å². The predicted molar refractivity (Wildman–Crippen MR) is 74.9 cm³/mol. The SMILES string of the molecule is NC(=O)c1cccc(C(=O)Nc2cccnc2Br)c1. The van der Waals surface area contributed by atoms with Crippen LogP contribution in [0.5, 0.6) is 0 Å². The van der Waals surface area contributed by atoms with Crippen LogP contribution in [0, 0.1) is 0 Å². The summed E-state index contributed by atoms with van der Waals surface area (Å²) in [6.07, 6.45) is 1.60. The number of halogens is 1. The van der Waals surface area contributed by atoms with Crippen molar-refractivity contribution in [3.8, 4) is 0 Å². The molecule has 0 fully saturated rings. The van der Waals surface area contributed by atoms with Gasteiger partial charge in [0.15, 0.2) is 0 Å². The number of benzene rings is 1. The minimum atomic E-state index is -0.572. The van der Waals surface area contributed by atoms with Crippen molar-refractivity contribution in [3.63, 3.8) is 0 Å². The van der Waals surface area contributed by atoms with E-state index in [0.29, 0.717) is 15.9 Å². The van der Waals surface area contributed by atoms with Crippen molar-refractivity contribution in [2.75, 3.05) is 5.32 Å². The Morgan fingerprint density at radius 1 is 1.16 bits per heavy atom. The fourth-order valence-corrected chi connectivity index (χ4v) is 1.84. The number of primary amides is 1. The summed E-state index contributed by atoms with van der Waals surface area (Å²) in [5.74, 6) is -0.908. The second kappa shape index (κ2) is 5.62. The van der Waals surface area contributed by atoms with Crippen molar-refractivity contribution in [3.05, 3.63) is 58.3 Å². The summed E-state index contributed by atoms with van der Waals surface area (Å²) in [7, 11) is 0. The van der Waals surface area contributed by atoms with E-state index in [9.17, 15) is 9.59 Å². The number of nitrogens with zero attached hydrogens (tertiary/aromatic N) is 1. The Morgan fingerprint density at radius 2 is 1.89 bits per heavy atom. The number of hydrogen-bond acceptors (Lipinski definition) is 3. The number of rotatable bonds is 3. The molecule has 1 aromatic carbocycles.